The average Bonchev–Trinajstić information content (AvgIpc) is 3.13. The summed E-state index contributed by atoms with van der Waals surface area (Å²) in [6.45, 7) is 0. The molecule has 6 rings (SSSR count). The molecular formula is C42H34N2O4. The molecule has 0 saturated heterocycles. The highest BCUT2D eigenvalue weighted by Crippen LogP contribution is 2.24. The number of phenols is 2. The number of anilines is 2. The fourth-order valence-corrected chi connectivity index (χ4v) is 4.73. The lowest BCUT2D eigenvalue weighted by atomic mass is 10.1. The second-order valence-corrected chi connectivity index (χ2v) is 10.7. The Balaban J connectivity index is 0.000000188. The summed E-state index contributed by atoms with van der Waals surface area (Å²) in [4.78, 5) is 25.0. The molecule has 6 aromatic carbocycles. The minimum Gasteiger partial charge on any atom is -0.508 e. The second-order valence-electron chi connectivity index (χ2n) is 10.7. The van der Waals surface area contributed by atoms with E-state index >= 15 is 0 Å². The summed E-state index contributed by atoms with van der Waals surface area (Å²) < 4.78 is 0. The maximum Gasteiger partial charge on any atom is 0.187 e. The average molecular weight is 631 g/mol. The highest BCUT2D eigenvalue weighted by molar-refractivity contribution is 6.10. The van der Waals surface area contributed by atoms with Crippen molar-refractivity contribution in [2.45, 2.75) is 0 Å². The van der Waals surface area contributed by atoms with Gasteiger partial charge in [0, 0.05) is 58.2 Å². The SMILES string of the molecule is O=C(/C=C(\Nc1cccc(O)c1)c1ccccc1)c1ccccc1.O=C(/C=C(\Nc1cccc(O)c1)c1ccccc1)c1ccccc1. The molecule has 0 atom stereocenters. The molecule has 0 fully saturated rings. The quantitative estimate of drug-likeness (QED) is 0.0889. The van der Waals surface area contributed by atoms with Gasteiger partial charge in [-0.3, -0.25) is 9.59 Å². The minimum absolute atomic E-state index is 0.0814. The summed E-state index contributed by atoms with van der Waals surface area (Å²) in [5.74, 6) is 0.174. The van der Waals surface area contributed by atoms with Crippen LogP contribution in [-0.2, 0) is 0 Å². The van der Waals surface area contributed by atoms with Crippen LogP contribution in [0.3, 0.4) is 0 Å². The number of carbonyl (C=O) groups excluding carboxylic acids is 2. The Morgan fingerprint density at radius 1 is 0.396 bits per heavy atom. The van der Waals surface area contributed by atoms with E-state index in [9.17, 15) is 19.8 Å². The maximum absolute atomic E-state index is 12.5. The topological polar surface area (TPSA) is 98.7 Å². The maximum atomic E-state index is 12.5. The zero-order valence-corrected chi connectivity index (χ0v) is 26.0. The van der Waals surface area contributed by atoms with Gasteiger partial charge in [-0.25, -0.2) is 0 Å². The van der Waals surface area contributed by atoms with Gasteiger partial charge in [-0.1, -0.05) is 133 Å². The third kappa shape index (κ3) is 9.67. The molecule has 6 heteroatoms. The van der Waals surface area contributed by atoms with E-state index in [1.54, 1.807) is 72.8 Å². The van der Waals surface area contributed by atoms with Gasteiger partial charge >= 0.3 is 0 Å². The van der Waals surface area contributed by atoms with Crippen molar-refractivity contribution in [3.8, 4) is 11.5 Å². The first-order valence-corrected chi connectivity index (χ1v) is 15.3. The van der Waals surface area contributed by atoms with Gasteiger partial charge in [-0.15, -0.1) is 0 Å². The normalized spacial score (nSPS) is 11.1. The zero-order valence-electron chi connectivity index (χ0n) is 26.0. The third-order valence-electron chi connectivity index (χ3n) is 7.09. The van der Waals surface area contributed by atoms with Gasteiger partial charge in [0.05, 0.1) is 0 Å². The summed E-state index contributed by atoms with van der Waals surface area (Å²) in [5, 5.41) is 25.7. The van der Waals surface area contributed by atoms with E-state index in [0.29, 0.717) is 33.9 Å². The number of phenolic OH excluding ortho intramolecular Hbond substituents is 2. The van der Waals surface area contributed by atoms with Gasteiger partial charge in [-0.2, -0.15) is 0 Å². The lowest BCUT2D eigenvalue weighted by Gasteiger charge is -2.12. The first-order chi connectivity index (χ1) is 23.4. The Morgan fingerprint density at radius 2 is 0.708 bits per heavy atom. The molecule has 0 unspecified atom stereocenters. The smallest absolute Gasteiger partial charge is 0.187 e. The van der Waals surface area contributed by atoms with Crippen LogP contribution in [0.25, 0.3) is 11.4 Å². The van der Waals surface area contributed by atoms with Crippen LogP contribution in [0.4, 0.5) is 11.4 Å². The molecule has 4 N–H and O–H groups in total. The van der Waals surface area contributed by atoms with Gasteiger partial charge in [-0.05, 0) is 35.4 Å². The van der Waals surface area contributed by atoms with Crippen LogP contribution in [-0.4, -0.2) is 21.8 Å². The molecule has 0 spiro atoms. The molecule has 0 aliphatic heterocycles. The Morgan fingerprint density at radius 3 is 1.02 bits per heavy atom. The summed E-state index contributed by atoms with van der Waals surface area (Å²) in [6, 6.07) is 51.1. The van der Waals surface area contributed by atoms with E-state index in [1.807, 2.05) is 109 Å². The number of hydrogen-bond acceptors (Lipinski definition) is 6. The van der Waals surface area contributed by atoms with Crippen molar-refractivity contribution in [2.24, 2.45) is 0 Å². The molecule has 6 nitrogen and oxygen atoms in total. The molecule has 6 aromatic rings. The van der Waals surface area contributed by atoms with Gasteiger partial charge in [0.15, 0.2) is 11.6 Å². The van der Waals surface area contributed by atoms with Crippen molar-refractivity contribution in [1.29, 1.82) is 0 Å². The molecule has 0 aliphatic rings. The zero-order chi connectivity index (χ0) is 33.6. The van der Waals surface area contributed by atoms with Crippen LogP contribution in [0.1, 0.15) is 31.8 Å². The summed E-state index contributed by atoms with van der Waals surface area (Å²) in [6.07, 6.45) is 3.16. The molecule has 0 bridgehead atoms. The van der Waals surface area contributed by atoms with Crippen LogP contribution < -0.4 is 10.6 Å². The number of nitrogens with one attached hydrogen (secondary N) is 2. The van der Waals surface area contributed by atoms with E-state index in [1.165, 1.54) is 0 Å². The second kappa shape index (κ2) is 16.6. The number of ketones is 2. The molecular weight excluding hydrogens is 596 g/mol. The molecule has 0 aromatic heterocycles. The monoisotopic (exact) mass is 630 g/mol. The molecule has 0 aliphatic carbocycles. The molecule has 0 heterocycles. The van der Waals surface area contributed by atoms with Gasteiger partial charge in [0.25, 0.3) is 0 Å². The van der Waals surface area contributed by atoms with Crippen LogP contribution >= 0.6 is 0 Å². The summed E-state index contributed by atoms with van der Waals surface area (Å²) in [5.41, 5.74) is 5.82. The van der Waals surface area contributed by atoms with E-state index < -0.39 is 0 Å². The lowest BCUT2D eigenvalue weighted by Crippen LogP contribution is -2.03. The van der Waals surface area contributed by atoms with Gasteiger partial charge in [0.2, 0.25) is 0 Å². The molecule has 236 valence electrons. The van der Waals surface area contributed by atoms with Crippen LogP contribution in [0.5, 0.6) is 11.5 Å². The number of carbonyl (C=O) groups is 2. The van der Waals surface area contributed by atoms with Crippen molar-refractivity contribution < 1.29 is 19.8 Å². The third-order valence-corrected chi connectivity index (χ3v) is 7.09. The summed E-state index contributed by atoms with van der Waals surface area (Å²) in [7, 11) is 0. The van der Waals surface area contributed by atoms with Gasteiger partial charge < -0.3 is 20.8 Å². The fraction of sp³-hybridized carbons (Fsp3) is 0. The molecule has 48 heavy (non-hydrogen) atoms. The van der Waals surface area contributed by atoms with Crippen LogP contribution in [0.15, 0.2) is 182 Å². The lowest BCUT2D eigenvalue weighted by molar-refractivity contribution is 0.103. The standard InChI is InChI=1S/2C21H17NO2/c2*23-19-13-7-12-18(14-19)22-20(16-8-3-1-4-9-16)15-21(24)17-10-5-2-6-11-17/h2*1-15,22-23H/b2*20-15-. The minimum atomic E-state index is -0.0814. The van der Waals surface area contributed by atoms with Crippen molar-refractivity contribution in [3.05, 3.63) is 204 Å². The Kier molecular flexibility index (Phi) is 11.3. The Bertz CT molecular complexity index is 1860. The Hall–Kier alpha value is -6.66. The highest BCUT2D eigenvalue weighted by atomic mass is 16.3. The highest BCUT2D eigenvalue weighted by Gasteiger charge is 2.09. The predicted molar refractivity (Wildman–Crippen MR) is 194 cm³/mol. The summed E-state index contributed by atoms with van der Waals surface area (Å²) >= 11 is 0. The van der Waals surface area contributed by atoms with E-state index in [-0.39, 0.29) is 23.1 Å². The number of allylic oxidation sites excluding steroid dienone is 2. The number of hydrogen-bond donors (Lipinski definition) is 4. The van der Waals surface area contributed by atoms with Crippen LogP contribution in [0, 0.1) is 0 Å². The number of benzene rings is 6. The molecule has 0 saturated carbocycles. The van der Waals surface area contributed by atoms with E-state index in [2.05, 4.69) is 10.6 Å². The number of aromatic hydroxyl groups is 2. The number of rotatable bonds is 10. The fourth-order valence-electron chi connectivity index (χ4n) is 4.73. The Labute approximate surface area is 280 Å². The van der Waals surface area contributed by atoms with Crippen molar-refractivity contribution in [1.82, 2.24) is 0 Å². The van der Waals surface area contributed by atoms with E-state index in [0.717, 1.165) is 11.1 Å². The van der Waals surface area contributed by atoms with E-state index in [4.69, 9.17) is 0 Å². The molecule has 0 radical (unpaired) electrons. The largest absolute Gasteiger partial charge is 0.508 e. The first-order valence-electron chi connectivity index (χ1n) is 15.3. The van der Waals surface area contributed by atoms with Crippen LogP contribution in [0.2, 0.25) is 0 Å². The first kappa shape index (κ1) is 32.7. The van der Waals surface area contributed by atoms with Gasteiger partial charge in [0.1, 0.15) is 11.5 Å². The van der Waals surface area contributed by atoms with Crippen molar-refractivity contribution in [3.63, 3.8) is 0 Å². The predicted octanol–water partition coefficient (Wildman–Crippen LogP) is 9.46. The molecule has 0 amide bonds. The van der Waals surface area contributed by atoms with Crippen molar-refractivity contribution in [2.75, 3.05) is 10.6 Å². The van der Waals surface area contributed by atoms with Crippen molar-refractivity contribution >= 4 is 34.3 Å².